The Bertz CT molecular complexity index is 1440. The molecule has 1 aliphatic heterocycles. The van der Waals surface area contributed by atoms with Crippen LogP contribution in [0.5, 0.6) is 5.88 Å². The van der Waals surface area contributed by atoms with Crippen LogP contribution in [0, 0.1) is 5.92 Å². The van der Waals surface area contributed by atoms with Crippen molar-refractivity contribution in [3.63, 3.8) is 0 Å². The fraction of sp³-hybridized carbons (Fsp3) is 0.333. The van der Waals surface area contributed by atoms with Crippen LogP contribution >= 0.6 is 11.8 Å². The second-order valence-electron chi connectivity index (χ2n) is 8.73. The zero-order valence-electron chi connectivity index (χ0n) is 19.5. The van der Waals surface area contributed by atoms with Gasteiger partial charge in [-0.3, -0.25) is 14.6 Å². The molecule has 1 saturated carbocycles. The molecule has 0 bridgehead atoms. The first kappa shape index (κ1) is 24.5. The average molecular weight is 528 g/mol. The first-order valence-electron chi connectivity index (χ1n) is 11.5. The van der Waals surface area contributed by atoms with Crippen LogP contribution in [0.25, 0.3) is 11.0 Å². The van der Waals surface area contributed by atoms with E-state index < -0.39 is 10.0 Å². The van der Waals surface area contributed by atoms with Crippen LogP contribution in [0.2, 0.25) is 0 Å². The van der Waals surface area contributed by atoms with Crippen LogP contribution in [0.15, 0.2) is 52.4 Å². The summed E-state index contributed by atoms with van der Waals surface area (Å²) >= 11 is 1.38. The molecule has 1 fully saturated rings. The molecule has 5 rings (SSSR count). The number of carbonyl (C=O) groups excluding carboxylic acids is 2. The quantitative estimate of drug-likeness (QED) is 0.444. The first-order valence-corrected chi connectivity index (χ1v) is 14.0. The Hall–Kier alpha value is -3.22. The third-order valence-corrected chi connectivity index (χ3v) is 8.93. The second-order valence-corrected chi connectivity index (χ2v) is 11.5. The molecule has 12 heteroatoms. The molecule has 1 aliphatic carbocycles. The van der Waals surface area contributed by atoms with E-state index in [9.17, 15) is 18.0 Å². The maximum Gasteiger partial charge on any atom is 0.240 e. The highest BCUT2D eigenvalue weighted by molar-refractivity contribution is 8.00. The smallest absolute Gasteiger partial charge is 0.240 e. The summed E-state index contributed by atoms with van der Waals surface area (Å²) in [5, 5.41) is 5.68. The number of hydrogen-bond donors (Lipinski definition) is 3. The zero-order valence-corrected chi connectivity index (χ0v) is 21.1. The van der Waals surface area contributed by atoms with Crippen LogP contribution in [-0.2, 0) is 19.6 Å². The van der Waals surface area contributed by atoms with Gasteiger partial charge >= 0.3 is 0 Å². The van der Waals surface area contributed by atoms with Gasteiger partial charge in [0, 0.05) is 29.1 Å². The zero-order chi connectivity index (χ0) is 25.3. The van der Waals surface area contributed by atoms with E-state index in [4.69, 9.17) is 4.74 Å². The molecule has 0 radical (unpaired) electrons. The Morgan fingerprint density at radius 2 is 1.94 bits per heavy atom. The fourth-order valence-electron chi connectivity index (χ4n) is 4.45. The van der Waals surface area contributed by atoms with E-state index >= 15 is 0 Å². The molecule has 3 aromatic rings. The SMILES string of the molecule is COc1ccc2nccc(NC(=O)C3CCC(NS(=O)(=O)c4ccc5c(c4)NC(=O)CS5)CC3)c2n1. The lowest BCUT2D eigenvalue weighted by Crippen LogP contribution is -2.39. The lowest BCUT2D eigenvalue weighted by molar-refractivity contribution is -0.120. The molecular weight excluding hydrogens is 502 g/mol. The van der Waals surface area contributed by atoms with Crippen molar-refractivity contribution in [1.82, 2.24) is 14.7 Å². The van der Waals surface area contributed by atoms with Gasteiger partial charge in [0.15, 0.2) is 0 Å². The Labute approximate surface area is 212 Å². The number of fused-ring (bicyclic) bond motifs is 2. The van der Waals surface area contributed by atoms with Crippen molar-refractivity contribution in [2.75, 3.05) is 23.5 Å². The van der Waals surface area contributed by atoms with Gasteiger partial charge in [0.05, 0.1) is 34.6 Å². The number of hydrogen-bond acceptors (Lipinski definition) is 8. The van der Waals surface area contributed by atoms with E-state index in [1.807, 2.05) is 0 Å². The number of carbonyl (C=O) groups is 2. The van der Waals surface area contributed by atoms with E-state index in [0.717, 1.165) is 4.90 Å². The minimum Gasteiger partial charge on any atom is -0.481 e. The molecule has 2 amide bonds. The second kappa shape index (κ2) is 10.0. The molecule has 0 saturated heterocycles. The van der Waals surface area contributed by atoms with Crippen LogP contribution in [-0.4, -0.2) is 49.1 Å². The molecule has 10 nitrogen and oxygen atoms in total. The van der Waals surface area contributed by atoms with E-state index in [-0.39, 0.29) is 28.7 Å². The van der Waals surface area contributed by atoms with Gasteiger partial charge < -0.3 is 15.4 Å². The third kappa shape index (κ3) is 5.15. The fourth-order valence-corrected chi connectivity index (χ4v) is 6.57. The average Bonchev–Trinajstić information content (AvgIpc) is 2.88. The summed E-state index contributed by atoms with van der Waals surface area (Å²) < 4.78 is 33.9. The summed E-state index contributed by atoms with van der Waals surface area (Å²) in [6, 6.07) is 9.67. The van der Waals surface area contributed by atoms with Crippen molar-refractivity contribution in [2.24, 2.45) is 5.92 Å². The number of rotatable bonds is 6. The minimum absolute atomic E-state index is 0.108. The van der Waals surface area contributed by atoms with Gasteiger partial charge in [-0.05, 0) is 56.0 Å². The summed E-state index contributed by atoms with van der Waals surface area (Å²) in [5.74, 6) is 0.225. The Morgan fingerprint density at radius 3 is 2.72 bits per heavy atom. The van der Waals surface area contributed by atoms with Crippen LogP contribution in [0.1, 0.15) is 25.7 Å². The van der Waals surface area contributed by atoms with E-state index in [1.54, 1.807) is 36.5 Å². The number of nitrogens with zero attached hydrogens (tertiary/aromatic N) is 2. The highest BCUT2D eigenvalue weighted by Crippen LogP contribution is 2.34. The lowest BCUT2D eigenvalue weighted by atomic mass is 9.86. The first-order chi connectivity index (χ1) is 17.3. The van der Waals surface area contributed by atoms with Crippen molar-refractivity contribution in [1.29, 1.82) is 0 Å². The van der Waals surface area contributed by atoms with Gasteiger partial charge in [-0.25, -0.2) is 18.1 Å². The van der Waals surface area contributed by atoms with Gasteiger partial charge in [-0.15, -0.1) is 11.8 Å². The molecule has 0 spiro atoms. The predicted octanol–water partition coefficient (Wildman–Crippen LogP) is 3.16. The minimum atomic E-state index is -3.77. The maximum atomic E-state index is 13.0. The molecule has 3 N–H and O–H groups in total. The maximum absolute atomic E-state index is 13.0. The molecule has 2 aliphatic rings. The Kier molecular flexibility index (Phi) is 6.82. The number of sulfonamides is 1. The monoisotopic (exact) mass is 527 g/mol. The normalized spacial score (nSPS) is 19.9. The number of amides is 2. The topological polar surface area (TPSA) is 139 Å². The number of pyridine rings is 2. The lowest BCUT2D eigenvalue weighted by Gasteiger charge is -2.28. The molecule has 1 aromatic carbocycles. The molecule has 2 aromatic heterocycles. The number of anilines is 2. The summed E-state index contributed by atoms with van der Waals surface area (Å²) in [5.41, 5.74) is 2.26. The highest BCUT2D eigenvalue weighted by Gasteiger charge is 2.30. The number of thioether (sulfide) groups is 1. The molecule has 36 heavy (non-hydrogen) atoms. The van der Waals surface area contributed by atoms with Crippen molar-refractivity contribution < 1.29 is 22.7 Å². The van der Waals surface area contributed by atoms with E-state index in [2.05, 4.69) is 25.3 Å². The van der Waals surface area contributed by atoms with E-state index in [1.165, 1.54) is 24.9 Å². The number of methoxy groups -OCH3 is 1. The standard InChI is InChI=1S/C24H25N5O5S2/c1-34-22-9-7-17-23(28-22)18(10-11-25-17)27-24(31)14-2-4-15(5-3-14)29-36(32,33)16-6-8-20-19(12-16)26-21(30)13-35-20/h6-12,14-15,29H,2-5,13H2,1H3,(H,26,30)(H,25,27,31). The van der Waals surface area contributed by atoms with Crippen molar-refractivity contribution >= 4 is 56.0 Å². The van der Waals surface area contributed by atoms with Gasteiger partial charge in [0.2, 0.25) is 27.7 Å². The van der Waals surface area contributed by atoms with Crippen molar-refractivity contribution in [2.45, 2.75) is 41.5 Å². The van der Waals surface area contributed by atoms with Gasteiger partial charge in [0.1, 0.15) is 5.52 Å². The molecule has 0 unspecified atom stereocenters. The van der Waals surface area contributed by atoms with Crippen molar-refractivity contribution in [3.05, 3.63) is 42.6 Å². The Morgan fingerprint density at radius 1 is 1.14 bits per heavy atom. The predicted molar refractivity (Wildman–Crippen MR) is 137 cm³/mol. The number of ether oxygens (including phenoxy) is 1. The summed E-state index contributed by atoms with van der Waals surface area (Å²) in [7, 11) is -2.24. The molecule has 188 valence electrons. The van der Waals surface area contributed by atoms with E-state index in [0.29, 0.717) is 59.7 Å². The van der Waals surface area contributed by atoms with Gasteiger partial charge in [-0.2, -0.15) is 0 Å². The van der Waals surface area contributed by atoms with Crippen LogP contribution in [0.4, 0.5) is 11.4 Å². The van der Waals surface area contributed by atoms with Crippen LogP contribution < -0.4 is 20.1 Å². The summed E-state index contributed by atoms with van der Waals surface area (Å²) in [4.78, 5) is 34.3. The van der Waals surface area contributed by atoms with Crippen LogP contribution in [0.3, 0.4) is 0 Å². The third-order valence-electron chi connectivity index (χ3n) is 6.34. The summed E-state index contributed by atoms with van der Waals surface area (Å²) in [6.07, 6.45) is 3.80. The van der Waals surface area contributed by atoms with Gasteiger partial charge in [-0.1, -0.05) is 0 Å². The molecular formula is C24H25N5O5S2. The number of aromatic nitrogens is 2. The highest BCUT2D eigenvalue weighted by atomic mass is 32.2. The Balaban J connectivity index is 1.21. The largest absolute Gasteiger partial charge is 0.481 e. The molecule has 0 atom stereocenters. The van der Waals surface area contributed by atoms with Crippen molar-refractivity contribution in [3.8, 4) is 5.88 Å². The molecule has 3 heterocycles. The number of nitrogens with one attached hydrogen (secondary N) is 3. The number of benzene rings is 1. The van der Waals surface area contributed by atoms with Gasteiger partial charge in [0.25, 0.3) is 0 Å². The summed E-state index contributed by atoms with van der Waals surface area (Å²) in [6.45, 7) is 0.